The average molecular weight is 1140 g/mol. The number of amides is 2. The third-order valence-electron chi connectivity index (χ3n) is 14.1. The zero-order valence-electron chi connectivity index (χ0n) is 50.4. The Kier molecular flexibility index (Phi) is 20.2. The molecule has 2 aliphatic carbocycles. The first-order chi connectivity index (χ1) is 38.8. The minimum atomic E-state index is -1.06. The fourth-order valence-electron chi connectivity index (χ4n) is 9.79. The van der Waals surface area contributed by atoms with Crippen LogP contribution in [-0.2, 0) is 36.9 Å². The van der Waals surface area contributed by atoms with E-state index in [1.54, 1.807) is 62.3 Å². The van der Waals surface area contributed by atoms with E-state index in [1.807, 2.05) is 119 Å². The lowest BCUT2D eigenvalue weighted by atomic mass is 9.83. The second-order valence-electron chi connectivity index (χ2n) is 23.8. The molecule has 0 fully saturated rings. The third-order valence-corrected chi connectivity index (χ3v) is 14.1. The van der Waals surface area contributed by atoms with Crippen molar-refractivity contribution in [3.63, 3.8) is 0 Å². The Hall–Kier alpha value is -8.00. The van der Waals surface area contributed by atoms with Crippen molar-refractivity contribution in [1.82, 2.24) is 20.4 Å². The highest BCUT2D eigenvalue weighted by molar-refractivity contribution is 6.55. The predicted octanol–water partition coefficient (Wildman–Crippen LogP) is 10.8. The van der Waals surface area contributed by atoms with Gasteiger partial charge in [-0.25, -0.2) is 19.2 Å². The van der Waals surface area contributed by atoms with Crippen LogP contribution in [0, 0.1) is 39.5 Å². The van der Waals surface area contributed by atoms with Gasteiger partial charge in [-0.3, -0.25) is 29.0 Å². The zero-order valence-corrected chi connectivity index (χ0v) is 50.4. The lowest BCUT2D eigenvalue weighted by Gasteiger charge is -2.25. The number of benzene rings is 4. The van der Waals surface area contributed by atoms with Crippen LogP contribution < -0.4 is 10.6 Å². The van der Waals surface area contributed by atoms with Crippen molar-refractivity contribution in [3.8, 4) is 22.6 Å². The van der Waals surface area contributed by atoms with Crippen LogP contribution in [-0.4, -0.2) is 131 Å². The van der Waals surface area contributed by atoms with Gasteiger partial charge in [0.2, 0.25) is 23.1 Å². The molecule has 19 nitrogen and oxygen atoms in total. The normalized spacial score (nSPS) is 13.6. The minimum Gasteiger partial charge on any atom is -0.480 e. The number of carboxylic acids is 1. The number of alkyl carbamates (subject to hydrolysis) is 2. The number of carbonyl (C=O) groups excluding carboxylic acids is 7. The number of nitrogens with one attached hydrogen (secondary N) is 2. The molecule has 4 aromatic carbocycles. The summed E-state index contributed by atoms with van der Waals surface area (Å²) < 4.78 is 28.0. The van der Waals surface area contributed by atoms with Crippen molar-refractivity contribution in [2.24, 2.45) is 11.8 Å². The van der Waals surface area contributed by atoms with Crippen LogP contribution in [0.5, 0.6) is 0 Å². The van der Waals surface area contributed by atoms with E-state index >= 15 is 0 Å². The Labute approximate surface area is 484 Å². The van der Waals surface area contributed by atoms with Crippen LogP contribution in [0.3, 0.4) is 0 Å². The van der Waals surface area contributed by atoms with Gasteiger partial charge in [0.15, 0.2) is 0 Å². The SMILES string of the molecule is CC(C)[C@H](NC(=O)OC(C)(C)C)C(=O)O.Cc1c(CN(C)CCO)oc2c1C(=O)C(=O)c1c-2ccc2c(C)cccc12.Cc1c(CN(C)CCOC(=O)[C@@H](NC(=O)OC(C)(C)C)C(C)C)oc2c1C(=O)C(=O)c1c-2ccc2c(C)cccc12. The number of nitrogens with zero attached hydrogens (tertiary/aromatic N) is 2. The lowest BCUT2D eigenvalue weighted by Crippen LogP contribution is -2.47. The van der Waals surface area contributed by atoms with Gasteiger partial charge in [0, 0.05) is 46.5 Å². The number of rotatable bonds is 15. The first kappa shape index (κ1) is 64.2. The monoisotopic (exact) mass is 1140 g/mol. The molecular weight excluding hydrogens is 1060 g/mol. The largest absolute Gasteiger partial charge is 0.480 e. The first-order valence-corrected chi connectivity index (χ1v) is 27.6. The fraction of sp³-hybridized carbons (Fsp3) is 0.438. The summed E-state index contributed by atoms with van der Waals surface area (Å²) in [6.45, 7) is 26.8. The van der Waals surface area contributed by atoms with Crippen molar-refractivity contribution in [2.45, 2.75) is 133 Å². The van der Waals surface area contributed by atoms with Gasteiger partial charge in [0.25, 0.3) is 0 Å². The van der Waals surface area contributed by atoms with E-state index in [2.05, 4.69) is 10.6 Å². The predicted molar refractivity (Wildman–Crippen MR) is 314 cm³/mol. The van der Waals surface area contributed by atoms with E-state index < -0.39 is 70.5 Å². The number of ketones is 4. The number of hydrogen-bond acceptors (Lipinski definition) is 16. The van der Waals surface area contributed by atoms with Gasteiger partial charge in [-0.15, -0.1) is 0 Å². The fourth-order valence-corrected chi connectivity index (χ4v) is 9.79. The van der Waals surface area contributed by atoms with Gasteiger partial charge in [-0.05, 0) is 140 Å². The maximum absolute atomic E-state index is 13.2. The van der Waals surface area contributed by atoms with E-state index in [-0.39, 0.29) is 25.0 Å². The van der Waals surface area contributed by atoms with E-state index in [1.165, 1.54) is 0 Å². The van der Waals surface area contributed by atoms with Gasteiger partial charge in [0.1, 0.15) is 52.9 Å². The number of furan rings is 2. The molecule has 444 valence electrons. The number of aryl methyl sites for hydroxylation is 2. The number of aliphatic carboxylic acids is 1. The lowest BCUT2D eigenvalue weighted by molar-refractivity contribution is -0.147. The van der Waals surface area contributed by atoms with Gasteiger partial charge in [-0.1, -0.05) is 76.2 Å². The molecule has 19 heteroatoms. The topological polar surface area (TPSA) is 262 Å². The highest BCUT2D eigenvalue weighted by Gasteiger charge is 2.39. The summed E-state index contributed by atoms with van der Waals surface area (Å²) >= 11 is 0. The molecule has 2 aliphatic rings. The molecule has 0 saturated heterocycles. The molecule has 8 rings (SSSR count). The second kappa shape index (κ2) is 26.1. The van der Waals surface area contributed by atoms with Gasteiger partial charge in [-0.2, -0.15) is 0 Å². The number of aliphatic hydroxyl groups is 1. The van der Waals surface area contributed by atoms with Crippen LogP contribution >= 0.6 is 0 Å². The van der Waals surface area contributed by atoms with Crippen LogP contribution in [0.1, 0.15) is 144 Å². The van der Waals surface area contributed by atoms with Crippen molar-refractivity contribution in [2.75, 3.05) is 40.4 Å². The van der Waals surface area contributed by atoms with Gasteiger partial charge >= 0.3 is 24.1 Å². The maximum atomic E-state index is 13.2. The zero-order chi connectivity index (χ0) is 61.7. The Morgan fingerprint density at radius 1 is 0.554 bits per heavy atom. The van der Waals surface area contributed by atoms with Crippen molar-refractivity contribution in [1.29, 1.82) is 0 Å². The number of likely N-dealkylation sites (N-methyl/N-ethyl adjacent to an activating group) is 2. The summed E-state index contributed by atoms with van der Waals surface area (Å²) in [5.74, 6) is -1.98. The number of fused-ring (bicyclic) bond motifs is 10. The van der Waals surface area contributed by atoms with E-state index in [9.17, 15) is 38.4 Å². The Morgan fingerprint density at radius 3 is 1.31 bits per heavy atom. The van der Waals surface area contributed by atoms with E-state index in [0.717, 1.165) is 32.7 Å². The second-order valence-corrected chi connectivity index (χ2v) is 23.8. The van der Waals surface area contributed by atoms with Crippen LogP contribution in [0.2, 0.25) is 0 Å². The highest BCUT2D eigenvalue weighted by Crippen LogP contribution is 2.43. The number of aliphatic hydroxyl groups excluding tert-OH is 1. The molecule has 0 spiro atoms. The quantitative estimate of drug-likeness (QED) is 0.0423. The number of hydrogen-bond donors (Lipinski definition) is 4. The summed E-state index contributed by atoms with van der Waals surface area (Å²) in [5.41, 5.74) is 4.86. The summed E-state index contributed by atoms with van der Waals surface area (Å²) in [4.78, 5) is 103. The highest BCUT2D eigenvalue weighted by atomic mass is 16.6. The summed E-state index contributed by atoms with van der Waals surface area (Å²) in [6.07, 6.45) is -1.39. The molecule has 4 N–H and O–H groups in total. The molecule has 2 aromatic heterocycles. The number of esters is 1. The number of Topliss-reactive ketones (excluding diaryl/α,β-unsaturated/α-hetero) is 4. The number of carbonyl (C=O) groups is 8. The minimum absolute atomic E-state index is 0.0432. The maximum Gasteiger partial charge on any atom is 0.408 e. The van der Waals surface area contributed by atoms with Crippen LogP contribution in [0.4, 0.5) is 9.59 Å². The molecule has 0 bridgehead atoms. The van der Waals surface area contributed by atoms with Crippen molar-refractivity contribution < 1.29 is 71.6 Å². The summed E-state index contributed by atoms with van der Waals surface area (Å²) in [7, 11) is 3.71. The summed E-state index contributed by atoms with van der Waals surface area (Å²) in [6, 6.07) is 17.4. The molecule has 0 unspecified atom stereocenters. The molecule has 0 saturated carbocycles. The molecule has 2 heterocycles. The molecule has 6 aromatic rings. The average Bonchev–Trinajstić information content (AvgIpc) is 1.96. The molecule has 2 amide bonds. The molecule has 83 heavy (non-hydrogen) atoms. The van der Waals surface area contributed by atoms with Crippen LogP contribution in [0.15, 0.2) is 69.5 Å². The summed E-state index contributed by atoms with van der Waals surface area (Å²) in [5, 5.41) is 26.2. The van der Waals surface area contributed by atoms with E-state index in [0.29, 0.717) is 93.7 Å². The first-order valence-electron chi connectivity index (χ1n) is 27.6. The van der Waals surface area contributed by atoms with Gasteiger partial charge < -0.3 is 43.9 Å². The Morgan fingerprint density at radius 2 is 0.940 bits per heavy atom. The molecule has 2 atom stereocenters. The molecular formula is C64H78N4O15. The number of carboxylic acid groups (broad SMARTS) is 1. The standard InChI is InChI=1S/C32H38N2O7.C22H21NO4.C10H19NO4/c1-17(2)26(33-31(38)41-32(5,6)7)30(37)39-15-14-34(8)16-23-19(4)24-27(35)28(36)25-21-11-9-10-18(3)20(21)12-13-22(25)29(24)40-23;1-12-5-4-6-15-14(12)7-8-16-19(15)21(26)20(25)18-13(2)17(27-22(16)18)11-23(3)9-10-24;1-6(2)7(8(12)13)11-9(14)15-10(3,4)5/h9-13,17,26H,14-16H2,1-8H3,(H,33,38);4-8,24H,9-11H2,1-3H3;6-7H,1-5H3,(H,11,14)(H,12,13)/t26-;;7-/m0.0/s1. The van der Waals surface area contributed by atoms with E-state index in [4.69, 9.17) is 33.3 Å². The van der Waals surface area contributed by atoms with Gasteiger partial charge in [0.05, 0.1) is 30.8 Å². The number of ether oxygens (including phenoxy) is 3. The Bertz CT molecular complexity index is 3500. The molecule has 0 aliphatic heterocycles. The Balaban J connectivity index is 0.000000225. The van der Waals surface area contributed by atoms with Crippen molar-refractivity contribution in [3.05, 3.63) is 117 Å². The molecule has 0 radical (unpaired) electrons. The third kappa shape index (κ3) is 14.8. The smallest absolute Gasteiger partial charge is 0.408 e. The van der Waals surface area contributed by atoms with Crippen LogP contribution in [0.25, 0.3) is 44.2 Å². The van der Waals surface area contributed by atoms with Crippen molar-refractivity contribution >= 4 is 68.8 Å².